The summed E-state index contributed by atoms with van der Waals surface area (Å²) in [5.41, 5.74) is 1.24. The van der Waals surface area contributed by atoms with E-state index in [0.717, 1.165) is 0 Å². The molecule has 0 unspecified atom stereocenters. The average molecular weight is 190 g/mol. The predicted octanol–water partition coefficient (Wildman–Crippen LogP) is 1.99. The van der Waals surface area contributed by atoms with E-state index in [1.54, 1.807) is 12.1 Å². The monoisotopic (exact) mass is 190 g/mol. The minimum atomic E-state index is -0.544. The first-order valence-corrected chi connectivity index (χ1v) is 4.02. The molecule has 14 heavy (non-hydrogen) atoms. The Morgan fingerprint density at radius 1 is 1.14 bits per heavy atom. The molecule has 0 aromatic carbocycles. The first kappa shape index (κ1) is 8.62. The molecule has 0 fully saturated rings. The fraction of sp³-hybridized carbons (Fsp3) is 0. The van der Waals surface area contributed by atoms with Crippen LogP contribution in [0.2, 0.25) is 0 Å². The quantitative estimate of drug-likeness (QED) is 0.699. The lowest BCUT2D eigenvalue weighted by Gasteiger charge is -1.99. The Morgan fingerprint density at radius 2 is 2.00 bits per heavy atom. The lowest BCUT2D eigenvalue weighted by Crippen LogP contribution is -1.86. The van der Waals surface area contributed by atoms with E-state index in [4.69, 9.17) is 5.11 Å². The molecule has 0 saturated carbocycles. The molecule has 2 aromatic rings. The lowest BCUT2D eigenvalue weighted by molar-refractivity contribution is 0.473. The molecule has 0 bridgehead atoms. The average Bonchev–Trinajstić information content (AvgIpc) is 2.19. The Hall–Kier alpha value is -1.97. The number of rotatable bonds is 1. The van der Waals surface area contributed by atoms with Crippen molar-refractivity contribution in [1.29, 1.82) is 0 Å². The van der Waals surface area contributed by atoms with Crippen LogP contribution < -0.4 is 0 Å². The van der Waals surface area contributed by atoms with Gasteiger partial charge in [-0.2, -0.15) is 4.39 Å². The van der Waals surface area contributed by atoms with Crippen LogP contribution in [0.4, 0.5) is 4.39 Å². The zero-order valence-electron chi connectivity index (χ0n) is 7.18. The van der Waals surface area contributed by atoms with Crippen LogP contribution in [0.3, 0.4) is 0 Å². The van der Waals surface area contributed by atoms with Crippen LogP contribution in [0.15, 0.2) is 36.7 Å². The molecule has 2 aromatic heterocycles. The maximum Gasteiger partial charge on any atom is 0.213 e. The van der Waals surface area contributed by atoms with Gasteiger partial charge >= 0.3 is 0 Å². The van der Waals surface area contributed by atoms with Gasteiger partial charge in [-0.05, 0) is 18.2 Å². The van der Waals surface area contributed by atoms with Crippen molar-refractivity contribution >= 4 is 0 Å². The van der Waals surface area contributed by atoms with Gasteiger partial charge in [0.2, 0.25) is 5.95 Å². The van der Waals surface area contributed by atoms with Gasteiger partial charge in [0.25, 0.3) is 0 Å². The van der Waals surface area contributed by atoms with Gasteiger partial charge < -0.3 is 5.11 Å². The number of nitrogens with zero attached hydrogens (tertiary/aromatic N) is 2. The molecule has 2 heterocycles. The van der Waals surface area contributed by atoms with E-state index in [-0.39, 0.29) is 5.75 Å². The molecule has 70 valence electrons. The molecule has 0 saturated heterocycles. The van der Waals surface area contributed by atoms with Gasteiger partial charge in [0.15, 0.2) is 0 Å². The van der Waals surface area contributed by atoms with E-state index < -0.39 is 5.95 Å². The number of hydrogen-bond donors (Lipinski definition) is 1. The van der Waals surface area contributed by atoms with Crippen LogP contribution in [0.1, 0.15) is 0 Å². The van der Waals surface area contributed by atoms with E-state index in [2.05, 4.69) is 9.97 Å². The highest BCUT2D eigenvalue weighted by Crippen LogP contribution is 2.18. The van der Waals surface area contributed by atoms with Crippen LogP contribution in [0.5, 0.6) is 5.75 Å². The second-order valence-electron chi connectivity index (χ2n) is 2.77. The molecule has 1 N–H and O–H groups in total. The zero-order chi connectivity index (χ0) is 9.97. The number of pyridine rings is 2. The lowest BCUT2D eigenvalue weighted by atomic mass is 10.2. The Balaban J connectivity index is 2.44. The molecule has 0 spiro atoms. The summed E-state index contributed by atoms with van der Waals surface area (Å²) >= 11 is 0. The molecule has 0 aliphatic heterocycles. The van der Waals surface area contributed by atoms with Gasteiger partial charge in [0.1, 0.15) is 5.75 Å². The molecule has 0 radical (unpaired) electrons. The van der Waals surface area contributed by atoms with Gasteiger partial charge in [-0.3, -0.25) is 4.98 Å². The third kappa shape index (κ3) is 1.69. The first-order valence-electron chi connectivity index (χ1n) is 4.02. The Bertz CT molecular complexity index is 442. The highest BCUT2D eigenvalue weighted by molar-refractivity contribution is 5.58. The minimum absolute atomic E-state index is 0.0864. The fourth-order valence-corrected chi connectivity index (χ4v) is 1.12. The smallest absolute Gasteiger partial charge is 0.213 e. The summed E-state index contributed by atoms with van der Waals surface area (Å²) in [5, 5.41) is 9.01. The van der Waals surface area contributed by atoms with Crippen LogP contribution in [0, 0.1) is 5.95 Å². The second-order valence-corrected chi connectivity index (χ2v) is 2.77. The van der Waals surface area contributed by atoms with Crippen molar-refractivity contribution in [1.82, 2.24) is 9.97 Å². The predicted molar refractivity (Wildman–Crippen MR) is 49.1 cm³/mol. The van der Waals surface area contributed by atoms with E-state index in [9.17, 15) is 4.39 Å². The molecular formula is C10H7FN2O. The molecule has 0 amide bonds. The van der Waals surface area contributed by atoms with Crippen molar-refractivity contribution in [2.24, 2.45) is 0 Å². The number of aromatic hydroxyl groups is 1. The van der Waals surface area contributed by atoms with Gasteiger partial charge in [-0.25, -0.2) is 4.98 Å². The highest BCUT2D eigenvalue weighted by atomic mass is 19.1. The second kappa shape index (κ2) is 3.41. The third-order valence-electron chi connectivity index (χ3n) is 1.77. The highest BCUT2D eigenvalue weighted by Gasteiger charge is 2.00. The van der Waals surface area contributed by atoms with Gasteiger partial charge in [0.05, 0.1) is 11.9 Å². The minimum Gasteiger partial charge on any atom is -0.506 e. The van der Waals surface area contributed by atoms with Gasteiger partial charge in [0, 0.05) is 17.8 Å². The molecule has 2 rings (SSSR count). The molecule has 0 atom stereocenters. The molecule has 4 heteroatoms. The largest absolute Gasteiger partial charge is 0.506 e. The van der Waals surface area contributed by atoms with Crippen LogP contribution in [-0.2, 0) is 0 Å². The van der Waals surface area contributed by atoms with Crippen molar-refractivity contribution in [2.45, 2.75) is 0 Å². The summed E-state index contributed by atoms with van der Waals surface area (Å²) in [6, 6.07) is 6.06. The Morgan fingerprint density at radius 3 is 2.64 bits per heavy atom. The van der Waals surface area contributed by atoms with Crippen LogP contribution in [-0.4, -0.2) is 15.1 Å². The van der Waals surface area contributed by atoms with Crippen molar-refractivity contribution in [3.05, 3.63) is 42.6 Å². The molecule has 0 aliphatic rings. The fourth-order valence-electron chi connectivity index (χ4n) is 1.12. The van der Waals surface area contributed by atoms with Crippen molar-refractivity contribution in [3.8, 4) is 17.0 Å². The third-order valence-corrected chi connectivity index (χ3v) is 1.77. The van der Waals surface area contributed by atoms with E-state index in [0.29, 0.717) is 11.3 Å². The SMILES string of the molecule is Oc1ccc(-c2ccnc(F)c2)nc1. The maximum absolute atomic E-state index is 12.7. The summed E-state index contributed by atoms with van der Waals surface area (Å²) in [7, 11) is 0. The summed E-state index contributed by atoms with van der Waals surface area (Å²) in [6.45, 7) is 0. The zero-order valence-corrected chi connectivity index (χ0v) is 7.18. The van der Waals surface area contributed by atoms with E-state index >= 15 is 0 Å². The van der Waals surface area contributed by atoms with Crippen molar-refractivity contribution in [3.63, 3.8) is 0 Å². The van der Waals surface area contributed by atoms with Crippen LogP contribution in [0.25, 0.3) is 11.3 Å². The van der Waals surface area contributed by atoms with Crippen molar-refractivity contribution < 1.29 is 9.50 Å². The number of hydrogen-bond acceptors (Lipinski definition) is 3. The molecule has 3 nitrogen and oxygen atoms in total. The summed E-state index contributed by atoms with van der Waals surface area (Å²) in [6.07, 6.45) is 2.69. The van der Waals surface area contributed by atoms with Gasteiger partial charge in [-0.15, -0.1) is 0 Å². The molecule has 0 aliphatic carbocycles. The number of halogens is 1. The Kier molecular flexibility index (Phi) is 2.10. The standard InChI is InChI=1S/C10H7FN2O/c11-10-5-7(3-4-12-10)9-2-1-8(14)6-13-9/h1-6,14H. The molecular weight excluding hydrogens is 183 g/mol. The van der Waals surface area contributed by atoms with E-state index in [1.165, 1.54) is 24.5 Å². The summed E-state index contributed by atoms with van der Waals surface area (Å²) < 4.78 is 12.7. The maximum atomic E-state index is 12.7. The number of aromatic nitrogens is 2. The first-order chi connectivity index (χ1) is 6.75. The summed E-state index contributed by atoms with van der Waals surface area (Å²) in [5.74, 6) is -0.458. The van der Waals surface area contributed by atoms with Gasteiger partial charge in [-0.1, -0.05) is 0 Å². The Labute approximate surface area is 79.9 Å². The normalized spacial score (nSPS) is 10.1. The summed E-state index contributed by atoms with van der Waals surface area (Å²) in [4.78, 5) is 7.38. The topological polar surface area (TPSA) is 46.0 Å². The van der Waals surface area contributed by atoms with Crippen molar-refractivity contribution in [2.75, 3.05) is 0 Å². The van der Waals surface area contributed by atoms with E-state index in [1.807, 2.05) is 0 Å². The van der Waals surface area contributed by atoms with Crippen LogP contribution >= 0.6 is 0 Å².